The van der Waals surface area contributed by atoms with Gasteiger partial charge < -0.3 is 15.0 Å². The molecule has 4 rings (SSSR count). The Morgan fingerprint density at radius 2 is 2.00 bits per heavy atom. The molecule has 6 nitrogen and oxygen atoms in total. The molecule has 0 unspecified atom stereocenters. The van der Waals surface area contributed by atoms with E-state index in [0.29, 0.717) is 32.5 Å². The molecule has 2 aliphatic rings. The van der Waals surface area contributed by atoms with Crippen LogP contribution in [0.2, 0.25) is 0 Å². The molecule has 0 atom stereocenters. The van der Waals surface area contributed by atoms with E-state index in [2.05, 4.69) is 10.3 Å². The lowest BCUT2D eigenvalue weighted by atomic mass is 9.78. The van der Waals surface area contributed by atoms with Gasteiger partial charge in [0.15, 0.2) is 0 Å². The maximum Gasteiger partial charge on any atom is 0.228 e. The molecule has 1 aromatic heterocycles. The average molecular weight is 371 g/mol. The normalized spacial score (nSPS) is 18.3. The Hall–Kier alpha value is -2.41. The summed E-state index contributed by atoms with van der Waals surface area (Å²) >= 11 is 1.52. The third-order valence-corrected chi connectivity index (χ3v) is 5.89. The van der Waals surface area contributed by atoms with Gasteiger partial charge in [0.2, 0.25) is 11.8 Å². The van der Waals surface area contributed by atoms with Gasteiger partial charge in [0.25, 0.3) is 0 Å². The number of para-hydroxylation sites is 1. The zero-order chi connectivity index (χ0) is 18.0. The molecule has 0 saturated carbocycles. The smallest absolute Gasteiger partial charge is 0.228 e. The van der Waals surface area contributed by atoms with Gasteiger partial charge in [-0.3, -0.25) is 9.59 Å². The van der Waals surface area contributed by atoms with Crippen LogP contribution >= 0.6 is 11.3 Å². The van der Waals surface area contributed by atoms with Crippen molar-refractivity contribution in [3.63, 3.8) is 0 Å². The van der Waals surface area contributed by atoms with E-state index in [0.717, 1.165) is 29.3 Å². The lowest BCUT2D eigenvalue weighted by Crippen LogP contribution is -2.65. The predicted octanol–water partition coefficient (Wildman–Crippen LogP) is 2.15. The molecule has 0 bridgehead atoms. The number of carbonyl (C=O) groups excluding carboxylic acids is 2. The van der Waals surface area contributed by atoms with Gasteiger partial charge in [0.1, 0.15) is 17.4 Å². The van der Waals surface area contributed by atoms with Gasteiger partial charge >= 0.3 is 0 Å². The molecule has 136 valence electrons. The van der Waals surface area contributed by atoms with E-state index in [1.54, 1.807) is 0 Å². The summed E-state index contributed by atoms with van der Waals surface area (Å²) in [6.07, 6.45) is 2.61. The third kappa shape index (κ3) is 3.72. The Morgan fingerprint density at radius 1 is 1.27 bits per heavy atom. The number of benzene rings is 1. The minimum atomic E-state index is -0.0452. The van der Waals surface area contributed by atoms with E-state index < -0.39 is 0 Å². The SMILES string of the molecule is O=C1CC2(CCN(C(=O)Cc3csc(COc4ccccc4)n3)CC2)N1. The van der Waals surface area contributed by atoms with Crippen molar-refractivity contribution in [1.82, 2.24) is 15.2 Å². The summed E-state index contributed by atoms with van der Waals surface area (Å²) in [7, 11) is 0. The Labute approximate surface area is 156 Å². The third-order valence-electron chi connectivity index (χ3n) is 5.01. The molecule has 2 fully saturated rings. The minimum Gasteiger partial charge on any atom is -0.486 e. The molecule has 1 aromatic carbocycles. The van der Waals surface area contributed by atoms with Crippen LogP contribution in [0.15, 0.2) is 35.7 Å². The zero-order valence-corrected chi connectivity index (χ0v) is 15.3. The van der Waals surface area contributed by atoms with Crippen LogP contribution in [-0.2, 0) is 22.6 Å². The lowest BCUT2D eigenvalue weighted by molar-refractivity contribution is -0.138. The Kier molecular flexibility index (Phi) is 4.63. The van der Waals surface area contributed by atoms with E-state index in [-0.39, 0.29) is 17.4 Å². The van der Waals surface area contributed by atoms with Crippen LogP contribution in [0, 0.1) is 0 Å². The molecule has 2 saturated heterocycles. The molecule has 1 spiro atoms. The molecule has 2 aromatic rings. The second-order valence-electron chi connectivity index (χ2n) is 6.90. The van der Waals surface area contributed by atoms with Gasteiger partial charge in [0, 0.05) is 24.9 Å². The standard InChI is InChI=1S/C19H21N3O3S/c23-16-11-19(21-16)6-8-22(9-7-19)18(24)10-14-13-26-17(20-14)12-25-15-4-2-1-3-5-15/h1-5,13H,6-12H2,(H,21,23). The molecule has 0 radical (unpaired) electrons. The van der Waals surface area contributed by atoms with Crippen molar-refractivity contribution in [2.24, 2.45) is 0 Å². The number of likely N-dealkylation sites (tertiary alicyclic amines) is 1. The van der Waals surface area contributed by atoms with Crippen molar-refractivity contribution in [3.8, 4) is 5.75 Å². The van der Waals surface area contributed by atoms with Crippen molar-refractivity contribution in [2.75, 3.05) is 13.1 Å². The number of nitrogens with one attached hydrogen (secondary N) is 1. The zero-order valence-electron chi connectivity index (χ0n) is 14.4. The minimum absolute atomic E-state index is 0.0452. The molecule has 2 amide bonds. The number of piperidine rings is 1. The van der Waals surface area contributed by atoms with Gasteiger partial charge in [-0.1, -0.05) is 18.2 Å². The van der Waals surface area contributed by atoms with Gasteiger partial charge in [0.05, 0.1) is 17.7 Å². The van der Waals surface area contributed by atoms with Crippen molar-refractivity contribution in [2.45, 2.75) is 37.8 Å². The fourth-order valence-electron chi connectivity index (χ4n) is 3.50. The molecule has 0 aliphatic carbocycles. The number of aromatic nitrogens is 1. The van der Waals surface area contributed by atoms with Crippen LogP contribution in [0.5, 0.6) is 5.75 Å². The number of β-lactam (4-membered cyclic amide) rings is 1. The summed E-state index contributed by atoms with van der Waals surface area (Å²) in [5.74, 6) is 1.04. The van der Waals surface area contributed by atoms with Gasteiger partial charge in [-0.2, -0.15) is 0 Å². The maximum absolute atomic E-state index is 12.5. The van der Waals surface area contributed by atoms with Crippen LogP contribution in [0.25, 0.3) is 0 Å². The Morgan fingerprint density at radius 3 is 2.69 bits per heavy atom. The summed E-state index contributed by atoms with van der Waals surface area (Å²) < 4.78 is 5.70. The van der Waals surface area contributed by atoms with Crippen LogP contribution in [0.3, 0.4) is 0 Å². The first-order chi connectivity index (χ1) is 12.6. The predicted molar refractivity (Wildman–Crippen MR) is 97.9 cm³/mol. The van der Waals surface area contributed by atoms with E-state index in [4.69, 9.17) is 4.74 Å². The topological polar surface area (TPSA) is 71.5 Å². The summed E-state index contributed by atoms with van der Waals surface area (Å²) in [4.78, 5) is 30.1. The molecule has 7 heteroatoms. The largest absolute Gasteiger partial charge is 0.486 e. The van der Waals surface area contributed by atoms with Gasteiger partial charge in [-0.25, -0.2) is 4.98 Å². The summed E-state index contributed by atoms with van der Waals surface area (Å²) in [6, 6.07) is 9.62. The van der Waals surface area contributed by atoms with Crippen LogP contribution in [0.1, 0.15) is 30.0 Å². The van der Waals surface area contributed by atoms with E-state index in [9.17, 15) is 9.59 Å². The summed E-state index contributed by atoms with van der Waals surface area (Å²) in [6.45, 7) is 1.81. The highest BCUT2D eigenvalue weighted by Gasteiger charge is 2.45. The van der Waals surface area contributed by atoms with E-state index in [1.165, 1.54) is 11.3 Å². The highest BCUT2D eigenvalue weighted by molar-refractivity contribution is 7.09. The second-order valence-corrected chi connectivity index (χ2v) is 7.84. The number of nitrogens with zero attached hydrogens (tertiary/aromatic N) is 2. The fraction of sp³-hybridized carbons (Fsp3) is 0.421. The number of hydrogen-bond donors (Lipinski definition) is 1. The van der Waals surface area contributed by atoms with Crippen molar-refractivity contribution in [3.05, 3.63) is 46.4 Å². The number of amides is 2. The van der Waals surface area contributed by atoms with Gasteiger partial charge in [-0.15, -0.1) is 11.3 Å². The summed E-state index contributed by atoms with van der Waals surface area (Å²) in [5, 5.41) is 5.79. The number of hydrogen-bond acceptors (Lipinski definition) is 5. The van der Waals surface area contributed by atoms with Crippen molar-refractivity contribution < 1.29 is 14.3 Å². The first-order valence-electron chi connectivity index (χ1n) is 8.82. The number of carbonyl (C=O) groups is 2. The lowest BCUT2D eigenvalue weighted by Gasteiger charge is -2.47. The first-order valence-corrected chi connectivity index (χ1v) is 9.70. The van der Waals surface area contributed by atoms with Gasteiger partial charge in [-0.05, 0) is 25.0 Å². The molecular weight excluding hydrogens is 350 g/mol. The fourth-order valence-corrected chi connectivity index (χ4v) is 4.20. The molecule has 1 N–H and O–H groups in total. The summed E-state index contributed by atoms with van der Waals surface area (Å²) in [5.41, 5.74) is 0.750. The molecule has 26 heavy (non-hydrogen) atoms. The van der Waals surface area contributed by atoms with Crippen molar-refractivity contribution >= 4 is 23.2 Å². The number of rotatable bonds is 5. The number of ether oxygens (including phenoxy) is 1. The highest BCUT2D eigenvalue weighted by atomic mass is 32.1. The second kappa shape index (κ2) is 7.07. The van der Waals surface area contributed by atoms with Crippen LogP contribution in [-0.4, -0.2) is 40.3 Å². The Balaban J connectivity index is 1.26. The highest BCUT2D eigenvalue weighted by Crippen LogP contribution is 2.32. The van der Waals surface area contributed by atoms with Crippen LogP contribution < -0.4 is 10.1 Å². The average Bonchev–Trinajstić information content (AvgIpc) is 3.08. The quantitative estimate of drug-likeness (QED) is 0.818. The molecule has 3 heterocycles. The first kappa shape index (κ1) is 17.0. The molecule has 2 aliphatic heterocycles. The van der Waals surface area contributed by atoms with Crippen molar-refractivity contribution in [1.29, 1.82) is 0 Å². The number of thiazole rings is 1. The van der Waals surface area contributed by atoms with E-state index in [1.807, 2.05) is 40.6 Å². The van der Waals surface area contributed by atoms with Crippen LogP contribution in [0.4, 0.5) is 0 Å². The maximum atomic E-state index is 12.5. The van der Waals surface area contributed by atoms with E-state index >= 15 is 0 Å². The molecular formula is C19H21N3O3S. The monoisotopic (exact) mass is 371 g/mol. The Bertz CT molecular complexity index is 787.